The van der Waals surface area contributed by atoms with E-state index in [1.807, 2.05) is 6.07 Å². The zero-order valence-electron chi connectivity index (χ0n) is 9.44. The van der Waals surface area contributed by atoms with E-state index >= 15 is 0 Å². The smallest absolute Gasteiger partial charge is 0.123 e. The van der Waals surface area contributed by atoms with Crippen LogP contribution in [-0.2, 0) is 5.54 Å². The minimum atomic E-state index is -0.128. The molecule has 2 heteroatoms. The predicted molar refractivity (Wildman–Crippen MR) is 60.3 cm³/mol. The second-order valence-corrected chi connectivity index (χ2v) is 4.43. The number of benzene rings is 1. The van der Waals surface area contributed by atoms with Crippen molar-refractivity contribution in [3.63, 3.8) is 0 Å². The van der Waals surface area contributed by atoms with Gasteiger partial charge in [-0.15, -0.1) is 0 Å². The Bertz CT molecular complexity index is 354. The monoisotopic (exact) mass is 207 g/mol. The van der Waals surface area contributed by atoms with E-state index in [2.05, 4.69) is 19.2 Å². The number of halogens is 1. The summed E-state index contributed by atoms with van der Waals surface area (Å²) >= 11 is 0. The van der Waals surface area contributed by atoms with Crippen LogP contribution >= 0.6 is 0 Å². The molecule has 2 rings (SSSR count). The number of rotatable bonds is 2. The van der Waals surface area contributed by atoms with Crippen LogP contribution in [0.4, 0.5) is 4.39 Å². The van der Waals surface area contributed by atoms with Gasteiger partial charge >= 0.3 is 0 Å². The molecule has 15 heavy (non-hydrogen) atoms. The molecule has 0 saturated carbocycles. The maximum absolute atomic E-state index is 13.3. The van der Waals surface area contributed by atoms with Gasteiger partial charge in [-0.05, 0) is 56.0 Å². The average Bonchev–Trinajstić information content (AvgIpc) is 2.71. The van der Waals surface area contributed by atoms with Crippen LogP contribution in [0.1, 0.15) is 37.3 Å². The molecule has 1 aromatic carbocycles. The van der Waals surface area contributed by atoms with Crippen LogP contribution in [0, 0.1) is 12.7 Å². The van der Waals surface area contributed by atoms with Gasteiger partial charge in [0, 0.05) is 5.54 Å². The van der Waals surface area contributed by atoms with E-state index in [9.17, 15) is 4.39 Å². The topological polar surface area (TPSA) is 12.0 Å². The zero-order valence-corrected chi connectivity index (χ0v) is 9.44. The molecule has 1 aromatic rings. The van der Waals surface area contributed by atoms with Gasteiger partial charge in [-0.2, -0.15) is 0 Å². The Morgan fingerprint density at radius 2 is 2.27 bits per heavy atom. The lowest BCUT2D eigenvalue weighted by Gasteiger charge is -2.30. The first-order chi connectivity index (χ1) is 7.18. The first-order valence-electron chi connectivity index (χ1n) is 5.69. The Labute approximate surface area is 90.7 Å². The van der Waals surface area contributed by atoms with Gasteiger partial charge in [-0.25, -0.2) is 4.39 Å². The third kappa shape index (κ3) is 1.78. The molecule has 1 aliphatic rings. The molecule has 1 fully saturated rings. The van der Waals surface area contributed by atoms with Crippen molar-refractivity contribution in [3.05, 3.63) is 35.1 Å². The Balaban J connectivity index is 2.46. The minimum absolute atomic E-state index is 0.0200. The molecule has 1 atom stereocenters. The second kappa shape index (κ2) is 3.93. The summed E-state index contributed by atoms with van der Waals surface area (Å²) in [5, 5.41) is 3.54. The van der Waals surface area contributed by atoms with Crippen molar-refractivity contribution >= 4 is 0 Å². The Hall–Kier alpha value is -0.890. The highest BCUT2D eigenvalue weighted by Gasteiger charge is 2.34. The first-order valence-corrected chi connectivity index (χ1v) is 5.69. The number of hydrogen-bond donors (Lipinski definition) is 1. The maximum atomic E-state index is 13.3. The molecule has 1 aliphatic heterocycles. The van der Waals surface area contributed by atoms with E-state index in [1.165, 1.54) is 18.1 Å². The van der Waals surface area contributed by atoms with E-state index in [-0.39, 0.29) is 11.4 Å². The highest BCUT2D eigenvalue weighted by atomic mass is 19.1. The van der Waals surface area contributed by atoms with E-state index < -0.39 is 0 Å². The van der Waals surface area contributed by atoms with E-state index in [0.717, 1.165) is 24.9 Å². The van der Waals surface area contributed by atoms with Crippen molar-refractivity contribution in [1.82, 2.24) is 5.32 Å². The molecule has 0 aromatic heterocycles. The van der Waals surface area contributed by atoms with Crippen LogP contribution in [0.2, 0.25) is 0 Å². The summed E-state index contributed by atoms with van der Waals surface area (Å²) in [6, 6.07) is 5.11. The van der Waals surface area contributed by atoms with Gasteiger partial charge in [0.2, 0.25) is 0 Å². The van der Waals surface area contributed by atoms with Gasteiger partial charge < -0.3 is 5.32 Å². The number of hydrogen-bond acceptors (Lipinski definition) is 1. The SMILES string of the molecule is CCC1(c2cc(F)ccc2C)CCCN1. The van der Waals surface area contributed by atoms with Gasteiger partial charge in [0.05, 0.1) is 0 Å². The van der Waals surface area contributed by atoms with Crippen LogP contribution in [-0.4, -0.2) is 6.54 Å². The lowest BCUT2D eigenvalue weighted by atomic mass is 9.83. The molecular formula is C13H18FN. The van der Waals surface area contributed by atoms with Gasteiger partial charge in [-0.1, -0.05) is 13.0 Å². The molecular weight excluding hydrogens is 189 g/mol. The zero-order chi connectivity index (χ0) is 10.9. The molecule has 1 heterocycles. The van der Waals surface area contributed by atoms with Crippen LogP contribution in [0.3, 0.4) is 0 Å². The molecule has 0 bridgehead atoms. The quantitative estimate of drug-likeness (QED) is 0.785. The average molecular weight is 207 g/mol. The molecule has 1 saturated heterocycles. The van der Waals surface area contributed by atoms with Crippen molar-refractivity contribution in [3.8, 4) is 0 Å². The van der Waals surface area contributed by atoms with Crippen LogP contribution < -0.4 is 5.32 Å². The third-order valence-corrected chi connectivity index (χ3v) is 3.56. The Morgan fingerprint density at radius 3 is 2.87 bits per heavy atom. The van der Waals surface area contributed by atoms with E-state index in [4.69, 9.17) is 0 Å². The summed E-state index contributed by atoms with van der Waals surface area (Å²) in [5.74, 6) is -0.128. The van der Waals surface area contributed by atoms with Crippen LogP contribution in [0.15, 0.2) is 18.2 Å². The largest absolute Gasteiger partial charge is 0.307 e. The number of nitrogens with one attached hydrogen (secondary N) is 1. The van der Waals surface area contributed by atoms with Gasteiger partial charge in [-0.3, -0.25) is 0 Å². The van der Waals surface area contributed by atoms with Crippen molar-refractivity contribution in [2.45, 2.75) is 38.6 Å². The lowest BCUT2D eigenvalue weighted by molar-refractivity contribution is 0.372. The molecule has 0 radical (unpaired) electrons. The summed E-state index contributed by atoms with van der Waals surface area (Å²) in [6.45, 7) is 5.28. The Morgan fingerprint density at radius 1 is 1.47 bits per heavy atom. The third-order valence-electron chi connectivity index (χ3n) is 3.56. The predicted octanol–water partition coefficient (Wildman–Crippen LogP) is 3.12. The summed E-state index contributed by atoms with van der Waals surface area (Å²) in [7, 11) is 0. The maximum Gasteiger partial charge on any atom is 0.123 e. The molecule has 1 N–H and O–H groups in total. The van der Waals surface area contributed by atoms with Gasteiger partial charge in [0.1, 0.15) is 5.82 Å². The van der Waals surface area contributed by atoms with Crippen LogP contribution in [0.5, 0.6) is 0 Å². The van der Waals surface area contributed by atoms with Crippen molar-refractivity contribution in [1.29, 1.82) is 0 Å². The molecule has 0 amide bonds. The molecule has 0 aliphatic carbocycles. The van der Waals surface area contributed by atoms with Crippen molar-refractivity contribution in [2.75, 3.05) is 6.54 Å². The van der Waals surface area contributed by atoms with Crippen LogP contribution in [0.25, 0.3) is 0 Å². The fraction of sp³-hybridized carbons (Fsp3) is 0.538. The van der Waals surface area contributed by atoms with Gasteiger partial charge in [0.15, 0.2) is 0 Å². The lowest BCUT2D eigenvalue weighted by Crippen LogP contribution is -2.36. The van der Waals surface area contributed by atoms with E-state index in [1.54, 1.807) is 6.07 Å². The summed E-state index contributed by atoms with van der Waals surface area (Å²) < 4.78 is 13.3. The first kappa shape index (κ1) is 10.6. The highest BCUT2D eigenvalue weighted by molar-refractivity contribution is 5.34. The number of aryl methyl sites for hydroxylation is 1. The van der Waals surface area contributed by atoms with Crippen molar-refractivity contribution in [2.24, 2.45) is 0 Å². The molecule has 1 nitrogen and oxygen atoms in total. The summed E-state index contributed by atoms with van der Waals surface area (Å²) in [6.07, 6.45) is 3.33. The highest BCUT2D eigenvalue weighted by Crippen LogP contribution is 2.35. The Kier molecular flexibility index (Phi) is 2.79. The standard InChI is InChI=1S/C13H18FN/c1-3-13(7-4-8-15-13)12-9-11(14)6-5-10(12)2/h5-6,9,15H,3-4,7-8H2,1-2H3. The summed E-state index contributed by atoms with van der Waals surface area (Å²) in [5.41, 5.74) is 2.35. The van der Waals surface area contributed by atoms with E-state index in [0.29, 0.717) is 0 Å². The minimum Gasteiger partial charge on any atom is -0.307 e. The summed E-state index contributed by atoms with van der Waals surface area (Å²) in [4.78, 5) is 0. The fourth-order valence-corrected chi connectivity index (χ4v) is 2.64. The normalized spacial score (nSPS) is 25.8. The molecule has 0 spiro atoms. The molecule has 82 valence electrons. The molecule has 1 unspecified atom stereocenters. The van der Waals surface area contributed by atoms with Crippen molar-refractivity contribution < 1.29 is 4.39 Å². The second-order valence-electron chi connectivity index (χ2n) is 4.43. The van der Waals surface area contributed by atoms with Gasteiger partial charge in [0.25, 0.3) is 0 Å². The fourth-order valence-electron chi connectivity index (χ4n) is 2.64.